The lowest BCUT2D eigenvalue weighted by Gasteiger charge is -2.08. The summed E-state index contributed by atoms with van der Waals surface area (Å²) in [5.41, 5.74) is 7.52. The van der Waals surface area contributed by atoms with Crippen LogP contribution in [-0.4, -0.2) is 28.2 Å². The molecule has 0 atom stereocenters. The van der Waals surface area contributed by atoms with Gasteiger partial charge in [0.25, 0.3) is 0 Å². The number of primary amides is 1. The van der Waals surface area contributed by atoms with Crippen molar-refractivity contribution in [2.75, 3.05) is 12.4 Å². The van der Waals surface area contributed by atoms with E-state index >= 15 is 0 Å². The largest absolute Gasteiger partial charge is 0.494 e. The van der Waals surface area contributed by atoms with E-state index in [4.69, 9.17) is 10.5 Å². The van der Waals surface area contributed by atoms with Gasteiger partial charge in [-0.2, -0.15) is 0 Å². The summed E-state index contributed by atoms with van der Waals surface area (Å²) in [5, 5.41) is 2.04. The van der Waals surface area contributed by atoms with Crippen LogP contribution in [0.4, 0.5) is 0 Å². The molecule has 0 saturated heterocycles. The summed E-state index contributed by atoms with van der Waals surface area (Å²) in [5.74, 6) is 1.40. The Morgan fingerprint density at radius 2 is 2.04 bits per heavy atom. The van der Waals surface area contributed by atoms with Crippen molar-refractivity contribution in [1.82, 2.24) is 9.97 Å². The minimum absolute atomic E-state index is 0.264. The minimum atomic E-state index is -0.264. The van der Waals surface area contributed by atoms with Crippen molar-refractivity contribution >= 4 is 39.2 Å². The van der Waals surface area contributed by atoms with Gasteiger partial charge in [-0.25, -0.2) is 9.97 Å². The molecule has 0 spiro atoms. The van der Waals surface area contributed by atoms with E-state index in [0.717, 1.165) is 38.7 Å². The number of thiophene rings is 1. The van der Waals surface area contributed by atoms with E-state index in [1.165, 1.54) is 10.4 Å². The SMILES string of the molecule is CCOc1ccc(-c2c(C)sc3ncnc(SCCCC(N)=O)c23)cc1. The maximum absolute atomic E-state index is 10.9. The summed E-state index contributed by atoms with van der Waals surface area (Å²) < 4.78 is 5.54. The summed E-state index contributed by atoms with van der Waals surface area (Å²) in [6.45, 7) is 4.74. The number of thioether (sulfide) groups is 1. The Kier molecular flexibility index (Phi) is 6.11. The zero-order valence-electron chi connectivity index (χ0n) is 14.8. The molecule has 2 aromatic heterocycles. The molecule has 2 heterocycles. The average Bonchev–Trinajstić information content (AvgIpc) is 2.96. The van der Waals surface area contributed by atoms with Crippen molar-refractivity contribution in [3.05, 3.63) is 35.5 Å². The number of fused-ring (bicyclic) bond motifs is 1. The molecule has 7 heteroatoms. The predicted octanol–water partition coefficient (Wildman–Crippen LogP) is 4.42. The van der Waals surface area contributed by atoms with Crippen LogP contribution >= 0.6 is 23.1 Å². The first kappa shape index (κ1) is 18.7. The van der Waals surface area contributed by atoms with E-state index in [-0.39, 0.29) is 5.91 Å². The van der Waals surface area contributed by atoms with Crippen molar-refractivity contribution in [1.29, 1.82) is 0 Å². The highest BCUT2D eigenvalue weighted by molar-refractivity contribution is 7.99. The first-order valence-corrected chi connectivity index (χ1v) is 10.3. The number of ether oxygens (including phenoxy) is 1. The molecule has 0 aliphatic carbocycles. The average molecular weight is 388 g/mol. The Labute approximate surface area is 161 Å². The van der Waals surface area contributed by atoms with E-state index in [1.807, 2.05) is 19.1 Å². The number of nitrogens with zero attached hydrogens (tertiary/aromatic N) is 2. The molecule has 0 aliphatic heterocycles. The molecular formula is C19H21N3O2S2. The number of aryl methyl sites for hydroxylation is 1. The summed E-state index contributed by atoms with van der Waals surface area (Å²) in [6.07, 6.45) is 2.75. The fourth-order valence-electron chi connectivity index (χ4n) is 2.77. The Hall–Kier alpha value is -2.12. The summed E-state index contributed by atoms with van der Waals surface area (Å²) in [7, 11) is 0. The second kappa shape index (κ2) is 8.51. The molecule has 0 bridgehead atoms. The third-order valence-electron chi connectivity index (χ3n) is 3.89. The molecule has 0 radical (unpaired) electrons. The van der Waals surface area contributed by atoms with E-state index in [0.29, 0.717) is 13.0 Å². The first-order valence-electron chi connectivity index (χ1n) is 8.48. The van der Waals surface area contributed by atoms with Crippen molar-refractivity contribution in [2.45, 2.75) is 31.7 Å². The van der Waals surface area contributed by atoms with Crippen LogP contribution in [0.2, 0.25) is 0 Å². The minimum Gasteiger partial charge on any atom is -0.494 e. The molecular weight excluding hydrogens is 366 g/mol. The molecule has 5 nitrogen and oxygen atoms in total. The number of carbonyl (C=O) groups excluding carboxylic acids is 1. The molecule has 3 aromatic rings. The molecule has 0 aliphatic rings. The number of amides is 1. The number of hydrogen-bond acceptors (Lipinski definition) is 6. The van der Waals surface area contributed by atoms with Gasteiger partial charge in [-0.05, 0) is 38.0 Å². The molecule has 136 valence electrons. The van der Waals surface area contributed by atoms with Crippen molar-refractivity contribution in [2.24, 2.45) is 5.73 Å². The number of carbonyl (C=O) groups is 1. The van der Waals surface area contributed by atoms with Crippen molar-refractivity contribution in [3.8, 4) is 16.9 Å². The Morgan fingerprint density at radius 3 is 2.73 bits per heavy atom. The van der Waals surface area contributed by atoms with Crippen LogP contribution in [0.1, 0.15) is 24.6 Å². The van der Waals surface area contributed by atoms with Gasteiger partial charge in [0.15, 0.2) is 0 Å². The molecule has 0 saturated carbocycles. The molecule has 2 N–H and O–H groups in total. The van der Waals surface area contributed by atoms with E-state index in [9.17, 15) is 4.79 Å². The highest BCUT2D eigenvalue weighted by atomic mass is 32.2. The fourth-order valence-corrected chi connectivity index (χ4v) is 4.80. The van der Waals surface area contributed by atoms with E-state index in [2.05, 4.69) is 29.0 Å². The van der Waals surface area contributed by atoms with Gasteiger partial charge < -0.3 is 10.5 Å². The highest BCUT2D eigenvalue weighted by Gasteiger charge is 2.17. The fraction of sp³-hybridized carbons (Fsp3) is 0.316. The van der Waals surface area contributed by atoms with Crippen LogP contribution < -0.4 is 10.5 Å². The van der Waals surface area contributed by atoms with Gasteiger partial charge in [-0.15, -0.1) is 23.1 Å². The molecule has 0 unspecified atom stereocenters. The first-order chi connectivity index (χ1) is 12.6. The van der Waals surface area contributed by atoms with Crippen molar-refractivity contribution < 1.29 is 9.53 Å². The maximum atomic E-state index is 10.9. The van der Waals surface area contributed by atoms with Crippen molar-refractivity contribution in [3.63, 3.8) is 0 Å². The standard InChI is InChI=1S/C19H21N3O2S2/c1-3-24-14-8-6-13(7-9-14)16-12(2)26-19-17(16)18(21-11-22-19)25-10-4-5-15(20)23/h6-9,11H,3-5,10H2,1-2H3,(H2,20,23). The second-order valence-electron chi connectivity index (χ2n) is 5.77. The van der Waals surface area contributed by atoms with Crippen LogP contribution in [0.15, 0.2) is 35.6 Å². The molecule has 26 heavy (non-hydrogen) atoms. The highest BCUT2D eigenvalue weighted by Crippen LogP contribution is 2.41. The summed E-state index contributed by atoms with van der Waals surface area (Å²) in [4.78, 5) is 22.1. The lowest BCUT2D eigenvalue weighted by Crippen LogP contribution is -2.10. The quantitative estimate of drug-likeness (QED) is 0.352. The van der Waals surface area contributed by atoms with Gasteiger partial charge in [0.2, 0.25) is 5.91 Å². The normalized spacial score (nSPS) is 11.0. The zero-order valence-corrected chi connectivity index (χ0v) is 16.5. The molecule has 1 aromatic carbocycles. The topological polar surface area (TPSA) is 78.1 Å². The number of rotatable bonds is 8. The van der Waals surface area contributed by atoms with E-state index in [1.54, 1.807) is 29.4 Å². The van der Waals surface area contributed by atoms with Gasteiger partial charge >= 0.3 is 0 Å². The van der Waals surface area contributed by atoms with Crippen LogP contribution in [0.5, 0.6) is 5.75 Å². The van der Waals surface area contributed by atoms with Gasteiger partial charge in [0.05, 0.1) is 12.0 Å². The van der Waals surface area contributed by atoms with Crippen LogP contribution in [0.25, 0.3) is 21.3 Å². The molecule has 0 fully saturated rings. The van der Waals surface area contributed by atoms with E-state index < -0.39 is 0 Å². The third-order valence-corrected chi connectivity index (χ3v) is 5.98. The number of nitrogens with two attached hydrogens (primary N) is 1. The van der Waals surface area contributed by atoms with Crippen LogP contribution in [0.3, 0.4) is 0 Å². The number of benzene rings is 1. The third kappa shape index (κ3) is 4.16. The van der Waals surface area contributed by atoms with Crippen LogP contribution in [0, 0.1) is 6.92 Å². The number of aromatic nitrogens is 2. The lowest BCUT2D eigenvalue weighted by molar-refractivity contribution is -0.118. The molecule has 3 rings (SSSR count). The Bertz CT molecular complexity index is 907. The summed E-state index contributed by atoms with van der Waals surface area (Å²) in [6, 6.07) is 8.14. The Balaban J connectivity index is 1.94. The van der Waals surface area contributed by atoms with Gasteiger partial charge in [-0.3, -0.25) is 4.79 Å². The predicted molar refractivity (Wildman–Crippen MR) is 108 cm³/mol. The van der Waals surface area contributed by atoms with Gasteiger partial charge in [-0.1, -0.05) is 12.1 Å². The van der Waals surface area contributed by atoms with Crippen LogP contribution in [-0.2, 0) is 4.79 Å². The zero-order chi connectivity index (χ0) is 18.5. The second-order valence-corrected chi connectivity index (χ2v) is 8.05. The van der Waals surface area contributed by atoms with Gasteiger partial charge in [0.1, 0.15) is 21.9 Å². The monoisotopic (exact) mass is 387 g/mol. The Morgan fingerprint density at radius 1 is 1.27 bits per heavy atom. The smallest absolute Gasteiger partial charge is 0.217 e. The maximum Gasteiger partial charge on any atom is 0.217 e. The molecule has 1 amide bonds. The van der Waals surface area contributed by atoms with Gasteiger partial charge in [0, 0.05) is 22.6 Å². The summed E-state index contributed by atoms with van der Waals surface area (Å²) >= 11 is 3.32. The lowest BCUT2D eigenvalue weighted by atomic mass is 10.0. The number of hydrogen-bond donors (Lipinski definition) is 1.